The standard InChI is InChI=1S/C15H20N4O/c1-11-7-13(9-16)18-15(17-11)19-14(10-20)8-12-5-3-2-4-6-12/h2-7,14,20H,8-10,16H2,1H3,(H,17,18,19). The van der Waals surface area contributed by atoms with Crippen LogP contribution in [0.3, 0.4) is 0 Å². The molecule has 0 spiro atoms. The van der Waals surface area contributed by atoms with E-state index in [2.05, 4.69) is 15.3 Å². The quantitative estimate of drug-likeness (QED) is 0.737. The van der Waals surface area contributed by atoms with Crippen LogP contribution < -0.4 is 11.1 Å². The first-order valence-corrected chi connectivity index (χ1v) is 6.67. The molecule has 1 aromatic carbocycles. The summed E-state index contributed by atoms with van der Waals surface area (Å²) in [5.74, 6) is 0.514. The number of hydrogen-bond acceptors (Lipinski definition) is 5. The molecule has 20 heavy (non-hydrogen) atoms. The number of nitrogens with zero attached hydrogens (tertiary/aromatic N) is 2. The number of aromatic nitrogens is 2. The monoisotopic (exact) mass is 272 g/mol. The number of nitrogens with one attached hydrogen (secondary N) is 1. The zero-order valence-corrected chi connectivity index (χ0v) is 11.6. The van der Waals surface area contributed by atoms with Gasteiger partial charge in [-0.05, 0) is 25.0 Å². The summed E-state index contributed by atoms with van der Waals surface area (Å²) in [7, 11) is 0. The molecule has 0 aliphatic rings. The average molecular weight is 272 g/mol. The number of anilines is 1. The van der Waals surface area contributed by atoms with Crippen molar-refractivity contribution in [1.29, 1.82) is 0 Å². The number of nitrogens with two attached hydrogens (primary N) is 1. The van der Waals surface area contributed by atoms with Crippen molar-refractivity contribution in [2.45, 2.75) is 25.9 Å². The summed E-state index contributed by atoms with van der Waals surface area (Å²) in [6.45, 7) is 2.29. The van der Waals surface area contributed by atoms with Crippen LogP contribution >= 0.6 is 0 Å². The van der Waals surface area contributed by atoms with Crippen LogP contribution in [-0.4, -0.2) is 27.7 Å². The Kier molecular flexibility index (Phi) is 5.03. The maximum absolute atomic E-state index is 9.50. The number of aliphatic hydroxyl groups is 1. The van der Waals surface area contributed by atoms with Gasteiger partial charge in [-0.25, -0.2) is 9.97 Å². The molecule has 2 rings (SSSR count). The molecule has 5 nitrogen and oxygen atoms in total. The minimum atomic E-state index is -0.121. The Balaban J connectivity index is 2.08. The third kappa shape index (κ3) is 4.01. The number of aryl methyl sites for hydroxylation is 1. The van der Waals surface area contributed by atoms with E-state index in [1.165, 1.54) is 0 Å². The van der Waals surface area contributed by atoms with Gasteiger partial charge in [0.05, 0.1) is 18.3 Å². The molecule has 4 N–H and O–H groups in total. The molecular formula is C15H20N4O. The van der Waals surface area contributed by atoms with Gasteiger partial charge < -0.3 is 16.2 Å². The van der Waals surface area contributed by atoms with Crippen molar-refractivity contribution in [3.8, 4) is 0 Å². The van der Waals surface area contributed by atoms with Gasteiger partial charge in [0.2, 0.25) is 5.95 Å². The maximum Gasteiger partial charge on any atom is 0.223 e. The van der Waals surface area contributed by atoms with Gasteiger partial charge in [0.1, 0.15) is 0 Å². The Morgan fingerprint density at radius 1 is 1.25 bits per heavy atom. The Morgan fingerprint density at radius 2 is 2.00 bits per heavy atom. The van der Waals surface area contributed by atoms with Gasteiger partial charge in [0.15, 0.2) is 0 Å². The van der Waals surface area contributed by atoms with E-state index >= 15 is 0 Å². The highest BCUT2D eigenvalue weighted by Crippen LogP contribution is 2.09. The van der Waals surface area contributed by atoms with Crippen molar-refractivity contribution in [2.75, 3.05) is 11.9 Å². The van der Waals surface area contributed by atoms with Crippen LogP contribution in [0.1, 0.15) is 17.0 Å². The summed E-state index contributed by atoms with van der Waals surface area (Å²) in [6.07, 6.45) is 0.715. The lowest BCUT2D eigenvalue weighted by Crippen LogP contribution is -2.27. The predicted molar refractivity (Wildman–Crippen MR) is 79.3 cm³/mol. The Hall–Kier alpha value is -1.98. The second-order valence-corrected chi connectivity index (χ2v) is 4.74. The number of aliphatic hydroxyl groups excluding tert-OH is 1. The van der Waals surface area contributed by atoms with E-state index in [0.717, 1.165) is 17.0 Å². The highest BCUT2D eigenvalue weighted by Gasteiger charge is 2.10. The van der Waals surface area contributed by atoms with E-state index in [1.54, 1.807) is 0 Å². The number of rotatable bonds is 6. The van der Waals surface area contributed by atoms with Crippen LogP contribution in [0.15, 0.2) is 36.4 Å². The highest BCUT2D eigenvalue weighted by molar-refractivity contribution is 5.30. The Bertz CT molecular complexity index is 545. The van der Waals surface area contributed by atoms with Gasteiger partial charge >= 0.3 is 0 Å². The van der Waals surface area contributed by atoms with Crippen molar-refractivity contribution in [3.63, 3.8) is 0 Å². The molecule has 1 aromatic heterocycles. The summed E-state index contributed by atoms with van der Waals surface area (Å²) in [6, 6.07) is 11.8. The third-order valence-corrected chi connectivity index (χ3v) is 2.99. The van der Waals surface area contributed by atoms with Crippen molar-refractivity contribution in [2.24, 2.45) is 5.73 Å². The summed E-state index contributed by atoms with van der Waals surface area (Å²) >= 11 is 0. The topological polar surface area (TPSA) is 84.1 Å². The predicted octanol–water partition coefficient (Wildman–Crippen LogP) is 1.26. The van der Waals surface area contributed by atoms with Crippen LogP contribution in [0, 0.1) is 6.92 Å². The first-order valence-electron chi connectivity index (χ1n) is 6.67. The molecule has 1 atom stereocenters. The second kappa shape index (κ2) is 6.98. The molecule has 0 aliphatic heterocycles. The molecule has 0 aliphatic carbocycles. The van der Waals surface area contributed by atoms with E-state index in [-0.39, 0.29) is 12.6 Å². The fraction of sp³-hybridized carbons (Fsp3) is 0.333. The lowest BCUT2D eigenvalue weighted by atomic mass is 10.1. The van der Waals surface area contributed by atoms with Gasteiger partial charge in [-0.1, -0.05) is 30.3 Å². The molecular weight excluding hydrogens is 252 g/mol. The second-order valence-electron chi connectivity index (χ2n) is 4.74. The minimum absolute atomic E-state index is 0.0180. The van der Waals surface area contributed by atoms with Crippen LogP contribution in [-0.2, 0) is 13.0 Å². The fourth-order valence-electron chi connectivity index (χ4n) is 2.05. The SMILES string of the molecule is Cc1cc(CN)nc(NC(CO)Cc2ccccc2)n1. The van der Waals surface area contributed by atoms with E-state index in [1.807, 2.05) is 43.3 Å². The Morgan fingerprint density at radius 3 is 2.65 bits per heavy atom. The summed E-state index contributed by atoms with van der Waals surface area (Å²) in [5, 5.41) is 12.7. The van der Waals surface area contributed by atoms with Crippen LogP contribution in [0.2, 0.25) is 0 Å². The zero-order chi connectivity index (χ0) is 14.4. The molecule has 0 saturated carbocycles. The molecule has 0 bridgehead atoms. The van der Waals surface area contributed by atoms with Crippen LogP contribution in [0.25, 0.3) is 0 Å². The van der Waals surface area contributed by atoms with Gasteiger partial charge in [-0.3, -0.25) is 0 Å². The van der Waals surface area contributed by atoms with Gasteiger partial charge in [0, 0.05) is 12.2 Å². The van der Waals surface area contributed by atoms with Crippen molar-refractivity contribution < 1.29 is 5.11 Å². The Labute approximate surface area is 118 Å². The van der Waals surface area contributed by atoms with E-state index in [4.69, 9.17) is 5.73 Å². The van der Waals surface area contributed by atoms with E-state index < -0.39 is 0 Å². The fourth-order valence-corrected chi connectivity index (χ4v) is 2.05. The first kappa shape index (κ1) is 14.4. The van der Waals surface area contributed by atoms with Gasteiger partial charge in [-0.15, -0.1) is 0 Å². The molecule has 5 heteroatoms. The molecule has 0 fully saturated rings. The van der Waals surface area contributed by atoms with Crippen molar-refractivity contribution in [3.05, 3.63) is 53.3 Å². The lowest BCUT2D eigenvalue weighted by Gasteiger charge is -2.17. The van der Waals surface area contributed by atoms with Crippen LogP contribution in [0.4, 0.5) is 5.95 Å². The molecule has 0 radical (unpaired) electrons. The van der Waals surface area contributed by atoms with E-state index in [9.17, 15) is 5.11 Å². The minimum Gasteiger partial charge on any atom is -0.394 e. The van der Waals surface area contributed by atoms with Crippen LogP contribution in [0.5, 0.6) is 0 Å². The molecule has 2 aromatic rings. The summed E-state index contributed by atoms with van der Waals surface area (Å²) < 4.78 is 0. The average Bonchev–Trinajstić information content (AvgIpc) is 2.47. The van der Waals surface area contributed by atoms with Gasteiger partial charge in [-0.2, -0.15) is 0 Å². The zero-order valence-electron chi connectivity index (χ0n) is 11.6. The number of benzene rings is 1. The molecule has 0 saturated heterocycles. The third-order valence-electron chi connectivity index (χ3n) is 2.99. The highest BCUT2D eigenvalue weighted by atomic mass is 16.3. The molecule has 1 heterocycles. The molecule has 0 amide bonds. The largest absolute Gasteiger partial charge is 0.394 e. The summed E-state index contributed by atoms with van der Waals surface area (Å²) in [4.78, 5) is 8.65. The first-order chi connectivity index (χ1) is 9.71. The van der Waals surface area contributed by atoms with Crippen molar-refractivity contribution >= 4 is 5.95 Å². The maximum atomic E-state index is 9.50. The van der Waals surface area contributed by atoms with Gasteiger partial charge in [0.25, 0.3) is 0 Å². The lowest BCUT2D eigenvalue weighted by molar-refractivity contribution is 0.273. The molecule has 1 unspecified atom stereocenters. The smallest absolute Gasteiger partial charge is 0.223 e. The number of hydrogen-bond donors (Lipinski definition) is 3. The molecule has 106 valence electrons. The summed E-state index contributed by atoms with van der Waals surface area (Å²) in [5.41, 5.74) is 8.41. The van der Waals surface area contributed by atoms with E-state index in [0.29, 0.717) is 18.9 Å². The normalized spacial score (nSPS) is 12.2. The van der Waals surface area contributed by atoms with Crippen molar-refractivity contribution in [1.82, 2.24) is 9.97 Å².